The highest BCUT2D eigenvalue weighted by Crippen LogP contribution is 2.18. The van der Waals surface area contributed by atoms with Crippen molar-refractivity contribution in [2.45, 2.75) is 6.61 Å². The molecule has 98 valence electrons. The number of hydrogen-bond acceptors (Lipinski definition) is 2. The number of nitrogens with two attached hydrogens (primary N) is 1. The van der Waals surface area contributed by atoms with Crippen LogP contribution in [0.3, 0.4) is 0 Å². The van der Waals surface area contributed by atoms with E-state index in [9.17, 15) is 4.39 Å². The van der Waals surface area contributed by atoms with Gasteiger partial charge in [-0.05, 0) is 52.4 Å². The molecule has 0 saturated heterocycles. The third-order valence-corrected chi connectivity index (χ3v) is 3.46. The minimum absolute atomic E-state index is 0.0432. The van der Waals surface area contributed by atoms with E-state index in [1.54, 1.807) is 6.07 Å². The highest BCUT2D eigenvalue weighted by molar-refractivity contribution is 14.1. The standard InChI is InChI=1S/C14H11FINOS/c15-13-7-11(5-6-12(13)14(17)19)18-8-9-1-3-10(16)4-2-9/h1-7H,8H2,(H2,17,19). The maximum Gasteiger partial charge on any atom is 0.137 e. The molecule has 0 atom stereocenters. The van der Waals surface area contributed by atoms with E-state index in [0.29, 0.717) is 12.4 Å². The second kappa shape index (κ2) is 6.29. The molecule has 0 aliphatic heterocycles. The summed E-state index contributed by atoms with van der Waals surface area (Å²) in [5.74, 6) is -0.0105. The second-order valence-electron chi connectivity index (χ2n) is 3.92. The normalized spacial score (nSPS) is 10.2. The van der Waals surface area contributed by atoms with Crippen LogP contribution in [0.1, 0.15) is 11.1 Å². The third kappa shape index (κ3) is 3.87. The van der Waals surface area contributed by atoms with Gasteiger partial charge in [-0.25, -0.2) is 4.39 Å². The third-order valence-electron chi connectivity index (χ3n) is 2.52. The maximum atomic E-state index is 13.6. The van der Waals surface area contributed by atoms with Gasteiger partial charge in [0.05, 0.1) is 0 Å². The molecular weight excluding hydrogens is 376 g/mol. The van der Waals surface area contributed by atoms with E-state index in [0.717, 1.165) is 9.13 Å². The summed E-state index contributed by atoms with van der Waals surface area (Å²) in [6.07, 6.45) is 0. The Hall–Kier alpha value is -1.21. The predicted octanol–water partition coefficient (Wildman–Crippen LogP) is 3.64. The van der Waals surface area contributed by atoms with Gasteiger partial charge in [-0.1, -0.05) is 24.4 Å². The Morgan fingerprint density at radius 3 is 2.47 bits per heavy atom. The lowest BCUT2D eigenvalue weighted by Gasteiger charge is -2.08. The van der Waals surface area contributed by atoms with E-state index in [-0.39, 0.29) is 10.6 Å². The molecule has 2 N–H and O–H groups in total. The van der Waals surface area contributed by atoms with E-state index in [1.807, 2.05) is 24.3 Å². The number of ether oxygens (including phenoxy) is 1. The predicted molar refractivity (Wildman–Crippen MR) is 85.8 cm³/mol. The van der Waals surface area contributed by atoms with Crippen LogP contribution in [0.25, 0.3) is 0 Å². The highest BCUT2D eigenvalue weighted by atomic mass is 127. The van der Waals surface area contributed by atoms with Crippen LogP contribution in [0.4, 0.5) is 4.39 Å². The van der Waals surface area contributed by atoms with Gasteiger partial charge < -0.3 is 10.5 Å². The zero-order valence-electron chi connectivity index (χ0n) is 9.90. The molecule has 0 unspecified atom stereocenters. The van der Waals surface area contributed by atoms with Crippen molar-refractivity contribution in [3.63, 3.8) is 0 Å². The fourth-order valence-corrected chi connectivity index (χ4v) is 2.06. The SMILES string of the molecule is NC(=S)c1ccc(OCc2ccc(I)cc2)cc1F. The monoisotopic (exact) mass is 387 g/mol. The molecule has 0 amide bonds. The fraction of sp³-hybridized carbons (Fsp3) is 0.0714. The summed E-state index contributed by atoms with van der Waals surface area (Å²) in [6, 6.07) is 12.4. The molecule has 2 aromatic carbocycles. The van der Waals surface area contributed by atoms with Crippen molar-refractivity contribution in [2.75, 3.05) is 0 Å². The summed E-state index contributed by atoms with van der Waals surface area (Å²) >= 11 is 6.98. The first-order valence-electron chi connectivity index (χ1n) is 5.53. The molecule has 5 heteroatoms. The van der Waals surface area contributed by atoms with Gasteiger partial charge in [0.1, 0.15) is 23.2 Å². The number of halogens is 2. The van der Waals surface area contributed by atoms with Crippen molar-refractivity contribution < 1.29 is 9.13 Å². The van der Waals surface area contributed by atoms with Gasteiger partial charge in [0, 0.05) is 15.2 Å². The Bertz CT molecular complexity index is 601. The summed E-state index contributed by atoms with van der Waals surface area (Å²) in [7, 11) is 0. The van der Waals surface area contributed by atoms with Crippen LogP contribution in [-0.2, 0) is 6.61 Å². The van der Waals surface area contributed by atoms with E-state index < -0.39 is 5.82 Å². The van der Waals surface area contributed by atoms with Crippen LogP contribution in [0.2, 0.25) is 0 Å². The van der Waals surface area contributed by atoms with E-state index in [2.05, 4.69) is 22.6 Å². The van der Waals surface area contributed by atoms with Crippen molar-refractivity contribution >= 4 is 39.8 Å². The molecule has 19 heavy (non-hydrogen) atoms. The van der Waals surface area contributed by atoms with Gasteiger partial charge in [-0.15, -0.1) is 0 Å². The van der Waals surface area contributed by atoms with Crippen LogP contribution >= 0.6 is 34.8 Å². The van der Waals surface area contributed by atoms with Gasteiger partial charge >= 0.3 is 0 Å². The van der Waals surface area contributed by atoms with Gasteiger partial charge in [-0.3, -0.25) is 0 Å². The van der Waals surface area contributed by atoms with Crippen molar-refractivity contribution in [3.8, 4) is 5.75 Å². The van der Waals surface area contributed by atoms with Crippen molar-refractivity contribution in [3.05, 3.63) is 63.0 Å². The minimum atomic E-state index is -0.465. The van der Waals surface area contributed by atoms with E-state index in [1.165, 1.54) is 12.1 Å². The molecular formula is C14H11FINOS. The molecule has 0 spiro atoms. The van der Waals surface area contributed by atoms with Crippen LogP contribution in [0.15, 0.2) is 42.5 Å². The van der Waals surface area contributed by atoms with Crippen molar-refractivity contribution in [1.29, 1.82) is 0 Å². The van der Waals surface area contributed by atoms with Gasteiger partial charge in [0.2, 0.25) is 0 Å². The molecule has 2 aromatic rings. The summed E-state index contributed by atoms with van der Waals surface area (Å²) in [6.45, 7) is 0.392. The Morgan fingerprint density at radius 2 is 1.89 bits per heavy atom. The van der Waals surface area contributed by atoms with E-state index >= 15 is 0 Å². The van der Waals surface area contributed by atoms with Crippen LogP contribution in [-0.4, -0.2) is 4.99 Å². The molecule has 0 bridgehead atoms. The molecule has 2 nitrogen and oxygen atoms in total. The van der Waals surface area contributed by atoms with Gasteiger partial charge in [0.25, 0.3) is 0 Å². The zero-order valence-corrected chi connectivity index (χ0v) is 12.9. The van der Waals surface area contributed by atoms with Crippen molar-refractivity contribution in [1.82, 2.24) is 0 Å². The Morgan fingerprint density at radius 1 is 1.21 bits per heavy atom. The largest absolute Gasteiger partial charge is 0.489 e. The molecule has 0 radical (unpaired) electrons. The first-order valence-corrected chi connectivity index (χ1v) is 7.01. The minimum Gasteiger partial charge on any atom is -0.489 e. The van der Waals surface area contributed by atoms with Crippen LogP contribution in [0, 0.1) is 9.39 Å². The lowest BCUT2D eigenvalue weighted by atomic mass is 10.2. The quantitative estimate of drug-likeness (QED) is 0.643. The molecule has 2 rings (SSSR count). The van der Waals surface area contributed by atoms with Crippen LogP contribution < -0.4 is 10.5 Å². The number of benzene rings is 2. The molecule has 0 fully saturated rings. The first-order chi connectivity index (χ1) is 9.06. The Balaban J connectivity index is 2.06. The summed E-state index contributed by atoms with van der Waals surface area (Å²) in [4.78, 5) is 0.0432. The smallest absolute Gasteiger partial charge is 0.137 e. The average Bonchev–Trinajstić information content (AvgIpc) is 2.37. The highest BCUT2D eigenvalue weighted by Gasteiger charge is 2.06. The number of hydrogen-bond donors (Lipinski definition) is 1. The fourth-order valence-electron chi connectivity index (χ4n) is 1.53. The average molecular weight is 387 g/mol. The Labute approximate surface area is 129 Å². The molecule has 0 aromatic heterocycles. The zero-order chi connectivity index (χ0) is 13.8. The summed E-state index contributed by atoms with van der Waals surface area (Å²) < 4.78 is 20.3. The summed E-state index contributed by atoms with van der Waals surface area (Å²) in [5.41, 5.74) is 6.65. The van der Waals surface area contributed by atoms with Crippen molar-refractivity contribution in [2.24, 2.45) is 5.73 Å². The van der Waals surface area contributed by atoms with Gasteiger partial charge in [0.15, 0.2) is 0 Å². The van der Waals surface area contributed by atoms with Gasteiger partial charge in [-0.2, -0.15) is 0 Å². The summed E-state index contributed by atoms with van der Waals surface area (Å²) in [5, 5.41) is 0. The Kier molecular flexibility index (Phi) is 4.71. The molecule has 0 aliphatic carbocycles. The maximum absolute atomic E-state index is 13.6. The first kappa shape index (κ1) is 14.2. The molecule has 0 aliphatic rings. The lowest BCUT2D eigenvalue weighted by molar-refractivity contribution is 0.304. The second-order valence-corrected chi connectivity index (χ2v) is 5.61. The molecule has 0 saturated carbocycles. The molecule has 0 heterocycles. The number of rotatable bonds is 4. The topological polar surface area (TPSA) is 35.2 Å². The van der Waals surface area contributed by atoms with E-state index in [4.69, 9.17) is 22.7 Å². The van der Waals surface area contributed by atoms with Crippen LogP contribution in [0.5, 0.6) is 5.75 Å². The number of thiocarbonyl (C=S) groups is 1. The lowest BCUT2D eigenvalue weighted by Crippen LogP contribution is -2.11.